The number of hydrogen-bond acceptors (Lipinski definition) is 7. The predicted molar refractivity (Wildman–Crippen MR) is 123 cm³/mol. The molecule has 12 heteroatoms. The molecule has 0 aliphatic rings. The summed E-state index contributed by atoms with van der Waals surface area (Å²) in [6, 6.07) is 15.4. The lowest BCUT2D eigenvalue weighted by Crippen LogP contribution is -2.16. The van der Waals surface area contributed by atoms with Gasteiger partial charge in [-0.1, -0.05) is 12.1 Å². The van der Waals surface area contributed by atoms with E-state index in [1.807, 2.05) is 0 Å². The minimum atomic E-state index is -4.03. The first-order chi connectivity index (χ1) is 15.5. The number of amides is 1. The number of hydrogen-bond donors (Lipinski definition) is 3. The Hall–Kier alpha value is -3.61. The van der Waals surface area contributed by atoms with E-state index < -0.39 is 26.0 Å². The molecule has 0 saturated heterocycles. The van der Waals surface area contributed by atoms with E-state index in [-0.39, 0.29) is 32.5 Å². The predicted octanol–water partition coefficient (Wildman–Crippen LogP) is 2.40. The quantitative estimate of drug-likeness (QED) is 0.437. The van der Waals surface area contributed by atoms with Crippen LogP contribution in [-0.4, -0.2) is 37.0 Å². The zero-order valence-electron chi connectivity index (χ0n) is 17.6. The highest BCUT2D eigenvalue weighted by molar-refractivity contribution is 7.92. The minimum Gasteiger partial charge on any atom is -0.495 e. The summed E-state index contributed by atoms with van der Waals surface area (Å²) < 4.78 is 61.4. The van der Waals surface area contributed by atoms with Gasteiger partial charge < -0.3 is 14.8 Å². The van der Waals surface area contributed by atoms with Gasteiger partial charge in [-0.2, -0.15) is 0 Å². The monoisotopic (exact) mass is 491 g/mol. The topological polar surface area (TPSA) is 154 Å². The third kappa shape index (κ3) is 5.61. The van der Waals surface area contributed by atoms with Crippen LogP contribution in [0.4, 0.5) is 11.4 Å². The van der Waals surface area contributed by atoms with E-state index in [1.54, 1.807) is 24.3 Å². The van der Waals surface area contributed by atoms with Crippen molar-refractivity contribution in [3.8, 4) is 11.5 Å². The van der Waals surface area contributed by atoms with Gasteiger partial charge in [-0.15, -0.1) is 0 Å². The molecule has 0 saturated carbocycles. The number of carbonyl (C=O) groups excluding carboxylic acids is 1. The van der Waals surface area contributed by atoms with E-state index in [4.69, 9.17) is 14.6 Å². The third-order valence-electron chi connectivity index (χ3n) is 4.53. The standard InChI is InChI=1S/C21H21N3O7S2/c1-30-19-6-4-3-5-17(19)24-33(28,29)16-11-12-20(31-2)18(13-16)23-21(25)14-7-9-15(10-8-14)32(22,26)27/h3-13,24H,1-2H3,(H,23,25)(H2,22,26,27). The van der Waals surface area contributed by atoms with Crippen molar-refractivity contribution < 1.29 is 31.1 Å². The van der Waals surface area contributed by atoms with E-state index in [1.165, 1.54) is 56.7 Å². The highest BCUT2D eigenvalue weighted by Crippen LogP contribution is 2.31. The van der Waals surface area contributed by atoms with E-state index in [0.717, 1.165) is 0 Å². The number of rotatable bonds is 8. The molecule has 4 N–H and O–H groups in total. The Kier molecular flexibility index (Phi) is 6.91. The van der Waals surface area contributed by atoms with Crippen LogP contribution in [0.1, 0.15) is 10.4 Å². The number of nitrogens with two attached hydrogens (primary N) is 1. The molecule has 0 unspecified atom stereocenters. The van der Waals surface area contributed by atoms with Crippen molar-refractivity contribution in [2.75, 3.05) is 24.3 Å². The van der Waals surface area contributed by atoms with Gasteiger partial charge in [0.15, 0.2) is 0 Å². The van der Waals surface area contributed by atoms with E-state index >= 15 is 0 Å². The summed E-state index contributed by atoms with van der Waals surface area (Å²) in [7, 11) is -5.15. The minimum absolute atomic E-state index is 0.0981. The second kappa shape index (κ2) is 9.48. The fourth-order valence-corrected chi connectivity index (χ4v) is 4.49. The van der Waals surface area contributed by atoms with Gasteiger partial charge in [-0.3, -0.25) is 9.52 Å². The first kappa shape index (κ1) is 24.0. The van der Waals surface area contributed by atoms with Crippen molar-refractivity contribution in [1.82, 2.24) is 0 Å². The number of primary sulfonamides is 1. The van der Waals surface area contributed by atoms with Crippen LogP contribution in [0, 0.1) is 0 Å². The van der Waals surface area contributed by atoms with Crippen LogP contribution in [0.15, 0.2) is 76.5 Å². The second-order valence-electron chi connectivity index (χ2n) is 6.69. The first-order valence-corrected chi connectivity index (χ1v) is 12.4. The van der Waals surface area contributed by atoms with Gasteiger partial charge in [0, 0.05) is 5.56 Å². The molecule has 3 aromatic carbocycles. The maximum atomic E-state index is 12.9. The van der Waals surface area contributed by atoms with E-state index in [2.05, 4.69) is 10.0 Å². The van der Waals surface area contributed by atoms with Crippen LogP contribution in [0.2, 0.25) is 0 Å². The second-order valence-corrected chi connectivity index (χ2v) is 9.94. The van der Waals surface area contributed by atoms with Gasteiger partial charge in [0.05, 0.1) is 35.4 Å². The molecule has 0 aliphatic heterocycles. The average molecular weight is 492 g/mol. The molecule has 0 radical (unpaired) electrons. The summed E-state index contributed by atoms with van der Waals surface area (Å²) in [5.74, 6) is -0.0479. The Morgan fingerprint density at radius 1 is 0.788 bits per heavy atom. The number of nitrogens with one attached hydrogen (secondary N) is 2. The van der Waals surface area contributed by atoms with Crippen LogP contribution in [0.5, 0.6) is 11.5 Å². The van der Waals surface area contributed by atoms with Crippen molar-refractivity contribution in [2.24, 2.45) is 5.14 Å². The van der Waals surface area contributed by atoms with Crippen molar-refractivity contribution in [3.05, 3.63) is 72.3 Å². The van der Waals surface area contributed by atoms with Gasteiger partial charge in [0.1, 0.15) is 11.5 Å². The van der Waals surface area contributed by atoms with Gasteiger partial charge in [-0.05, 0) is 54.6 Å². The smallest absolute Gasteiger partial charge is 0.262 e. The maximum absolute atomic E-state index is 12.9. The Labute approximate surface area is 191 Å². The molecule has 0 bridgehead atoms. The Balaban J connectivity index is 1.90. The van der Waals surface area contributed by atoms with Crippen LogP contribution in [0.3, 0.4) is 0 Å². The summed E-state index contributed by atoms with van der Waals surface area (Å²) in [6.45, 7) is 0. The number of carbonyl (C=O) groups is 1. The molecule has 33 heavy (non-hydrogen) atoms. The molecule has 0 aromatic heterocycles. The highest BCUT2D eigenvalue weighted by atomic mass is 32.2. The zero-order chi connectivity index (χ0) is 24.2. The zero-order valence-corrected chi connectivity index (χ0v) is 19.2. The lowest BCUT2D eigenvalue weighted by atomic mass is 10.2. The Morgan fingerprint density at radius 3 is 1.97 bits per heavy atom. The molecule has 174 valence electrons. The molecule has 3 rings (SSSR count). The van der Waals surface area contributed by atoms with Crippen LogP contribution < -0.4 is 24.7 Å². The molecule has 0 atom stereocenters. The van der Waals surface area contributed by atoms with Crippen LogP contribution in [0.25, 0.3) is 0 Å². The van der Waals surface area contributed by atoms with Crippen LogP contribution in [-0.2, 0) is 20.0 Å². The molecule has 0 heterocycles. The maximum Gasteiger partial charge on any atom is 0.262 e. The van der Waals surface area contributed by atoms with Crippen molar-refractivity contribution >= 4 is 37.3 Å². The summed E-state index contributed by atoms with van der Waals surface area (Å²) in [5, 5.41) is 7.63. The molecule has 1 amide bonds. The summed E-state index contributed by atoms with van der Waals surface area (Å²) in [6.07, 6.45) is 0. The molecule has 0 spiro atoms. The van der Waals surface area contributed by atoms with Gasteiger partial charge in [-0.25, -0.2) is 22.0 Å². The number of sulfonamides is 2. The van der Waals surface area contributed by atoms with Gasteiger partial charge >= 0.3 is 0 Å². The molecular weight excluding hydrogens is 470 g/mol. The van der Waals surface area contributed by atoms with Gasteiger partial charge in [0.25, 0.3) is 15.9 Å². The van der Waals surface area contributed by atoms with E-state index in [0.29, 0.717) is 5.75 Å². The number of methoxy groups -OCH3 is 2. The van der Waals surface area contributed by atoms with Gasteiger partial charge in [0.2, 0.25) is 10.0 Å². The van der Waals surface area contributed by atoms with Crippen molar-refractivity contribution in [1.29, 1.82) is 0 Å². The lowest BCUT2D eigenvalue weighted by molar-refractivity contribution is 0.102. The number of ether oxygens (including phenoxy) is 2. The first-order valence-electron chi connectivity index (χ1n) is 9.33. The third-order valence-corrected chi connectivity index (χ3v) is 6.82. The molecular formula is C21H21N3O7S2. The fourth-order valence-electron chi connectivity index (χ4n) is 2.88. The fraction of sp³-hybridized carbons (Fsp3) is 0.0952. The summed E-state index contributed by atoms with van der Waals surface area (Å²) in [5.41, 5.74) is 0.474. The Bertz CT molecular complexity index is 1390. The summed E-state index contributed by atoms with van der Waals surface area (Å²) >= 11 is 0. The largest absolute Gasteiger partial charge is 0.495 e. The van der Waals surface area contributed by atoms with Crippen molar-refractivity contribution in [2.45, 2.75) is 9.79 Å². The molecule has 10 nitrogen and oxygen atoms in total. The van der Waals surface area contributed by atoms with Crippen molar-refractivity contribution in [3.63, 3.8) is 0 Å². The lowest BCUT2D eigenvalue weighted by Gasteiger charge is -2.14. The SMILES string of the molecule is COc1ccc(S(=O)(=O)Nc2ccccc2OC)cc1NC(=O)c1ccc(S(N)(=O)=O)cc1. The summed E-state index contributed by atoms with van der Waals surface area (Å²) in [4.78, 5) is 12.4. The normalized spacial score (nSPS) is 11.5. The number of para-hydroxylation sites is 2. The molecule has 3 aromatic rings. The average Bonchev–Trinajstić information content (AvgIpc) is 2.78. The van der Waals surface area contributed by atoms with Crippen LogP contribution >= 0.6 is 0 Å². The number of benzene rings is 3. The van der Waals surface area contributed by atoms with E-state index in [9.17, 15) is 21.6 Å². The molecule has 0 aliphatic carbocycles. The number of anilines is 2. The Morgan fingerprint density at radius 2 is 1.36 bits per heavy atom. The highest BCUT2D eigenvalue weighted by Gasteiger charge is 2.20. The molecule has 0 fully saturated rings.